The van der Waals surface area contributed by atoms with E-state index in [9.17, 15) is 0 Å². The van der Waals surface area contributed by atoms with Gasteiger partial charge in [0.15, 0.2) is 0 Å². The van der Waals surface area contributed by atoms with Crippen LogP contribution in [0.4, 0.5) is 0 Å². The van der Waals surface area contributed by atoms with Crippen molar-refractivity contribution in [1.82, 2.24) is 10.2 Å². The second kappa shape index (κ2) is 6.13. The van der Waals surface area contributed by atoms with Crippen molar-refractivity contribution < 1.29 is 0 Å². The molecule has 0 spiro atoms. The number of hydrogen-bond donors (Lipinski definition) is 1. The van der Waals surface area contributed by atoms with Gasteiger partial charge in [0.1, 0.15) is 0 Å². The van der Waals surface area contributed by atoms with Crippen LogP contribution >= 0.6 is 0 Å². The zero-order valence-electron chi connectivity index (χ0n) is 12.9. The highest BCUT2D eigenvalue weighted by atomic mass is 15.2. The van der Waals surface area contributed by atoms with Gasteiger partial charge in [-0.1, -0.05) is 26.7 Å². The molecular formula is C17H32N2. The summed E-state index contributed by atoms with van der Waals surface area (Å²) in [6.07, 6.45) is 8.97. The fourth-order valence-corrected chi connectivity index (χ4v) is 3.66. The van der Waals surface area contributed by atoms with Crippen molar-refractivity contribution in [3.05, 3.63) is 0 Å². The molecule has 0 aromatic heterocycles. The maximum Gasteiger partial charge on any atom is 0.0198 e. The van der Waals surface area contributed by atoms with E-state index in [0.29, 0.717) is 0 Å². The van der Waals surface area contributed by atoms with Crippen molar-refractivity contribution >= 4 is 0 Å². The summed E-state index contributed by atoms with van der Waals surface area (Å²) in [5.74, 6) is 3.90. The lowest BCUT2D eigenvalue weighted by molar-refractivity contribution is 0.126. The molecule has 0 radical (unpaired) electrons. The number of rotatable bonds is 7. The van der Waals surface area contributed by atoms with Crippen molar-refractivity contribution in [2.45, 2.75) is 58.4 Å². The molecule has 2 nitrogen and oxygen atoms in total. The van der Waals surface area contributed by atoms with E-state index in [2.05, 4.69) is 24.1 Å². The van der Waals surface area contributed by atoms with E-state index in [4.69, 9.17) is 0 Å². The minimum absolute atomic E-state index is 0.763. The molecule has 2 heteroatoms. The lowest BCUT2D eigenvalue weighted by Gasteiger charge is -2.39. The second-order valence-corrected chi connectivity index (χ2v) is 7.94. The van der Waals surface area contributed by atoms with Crippen LogP contribution in [-0.2, 0) is 0 Å². The topological polar surface area (TPSA) is 15.3 Å². The third-order valence-electron chi connectivity index (χ3n) is 5.00. The standard InChI is InChI=1S/C17H32N2/c1-13(2)9-18-17-8-16(7-14-3-4-14)11-19(12-17)10-15-5-6-15/h13-18H,3-12H2,1-2H3. The second-order valence-electron chi connectivity index (χ2n) is 7.94. The molecule has 0 bridgehead atoms. The summed E-state index contributed by atoms with van der Waals surface area (Å²) in [6, 6.07) is 0.763. The first-order chi connectivity index (χ1) is 9.19. The highest BCUT2D eigenvalue weighted by Gasteiger charge is 2.34. The molecule has 1 heterocycles. The van der Waals surface area contributed by atoms with E-state index in [1.165, 1.54) is 64.7 Å². The summed E-state index contributed by atoms with van der Waals surface area (Å²) in [4.78, 5) is 2.78. The first kappa shape index (κ1) is 13.9. The number of hydrogen-bond acceptors (Lipinski definition) is 2. The van der Waals surface area contributed by atoms with E-state index in [0.717, 1.165) is 29.7 Å². The Labute approximate surface area is 119 Å². The van der Waals surface area contributed by atoms with E-state index in [-0.39, 0.29) is 0 Å². The lowest BCUT2D eigenvalue weighted by Crippen LogP contribution is -2.50. The van der Waals surface area contributed by atoms with Gasteiger partial charge in [0, 0.05) is 25.7 Å². The van der Waals surface area contributed by atoms with Crippen molar-refractivity contribution in [1.29, 1.82) is 0 Å². The molecule has 110 valence electrons. The van der Waals surface area contributed by atoms with Crippen molar-refractivity contribution in [2.24, 2.45) is 23.7 Å². The van der Waals surface area contributed by atoms with Crippen LogP contribution < -0.4 is 5.32 Å². The number of piperidine rings is 1. The zero-order valence-corrected chi connectivity index (χ0v) is 12.9. The van der Waals surface area contributed by atoms with Crippen LogP contribution in [0.3, 0.4) is 0 Å². The monoisotopic (exact) mass is 264 g/mol. The predicted octanol–water partition coefficient (Wildman–Crippen LogP) is 3.13. The summed E-state index contributed by atoms with van der Waals surface area (Å²) in [5.41, 5.74) is 0. The van der Waals surface area contributed by atoms with Crippen LogP contribution in [0, 0.1) is 23.7 Å². The van der Waals surface area contributed by atoms with Crippen LogP contribution in [0.2, 0.25) is 0 Å². The summed E-state index contributed by atoms with van der Waals surface area (Å²) >= 11 is 0. The molecule has 19 heavy (non-hydrogen) atoms. The minimum Gasteiger partial charge on any atom is -0.312 e. The van der Waals surface area contributed by atoms with E-state index in [1.807, 2.05) is 0 Å². The predicted molar refractivity (Wildman–Crippen MR) is 81.2 cm³/mol. The Balaban J connectivity index is 1.49. The van der Waals surface area contributed by atoms with Gasteiger partial charge >= 0.3 is 0 Å². The normalized spacial score (nSPS) is 33.0. The van der Waals surface area contributed by atoms with Crippen molar-refractivity contribution in [2.75, 3.05) is 26.2 Å². The quantitative estimate of drug-likeness (QED) is 0.760. The van der Waals surface area contributed by atoms with Gasteiger partial charge in [0.05, 0.1) is 0 Å². The molecule has 0 aromatic carbocycles. The molecule has 3 rings (SSSR count). The third-order valence-corrected chi connectivity index (χ3v) is 5.00. The van der Waals surface area contributed by atoms with Crippen LogP contribution in [0.1, 0.15) is 52.4 Å². The van der Waals surface area contributed by atoms with Gasteiger partial charge in [-0.05, 0) is 55.9 Å². The summed E-state index contributed by atoms with van der Waals surface area (Å²) < 4.78 is 0. The van der Waals surface area contributed by atoms with E-state index < -0.39 is 0 Å². The largest absolute Gasteiger partial charge is 0.312 e. The average molecular weight is 264 g/mol. The van der Waals surface area contributed by atoms with Gasteiger partial charge in [0.2, 0.25) is 0 Å². The molecule has 2 atom stereocenters. The summed E-state index contributed by atoms with van der Waals surface area (Å²) in [5, 5.41) is 3.83. The molecule has 3 fully saturated rings. The van der Waals surface area contributed by atoms with Crippen LogP contribution in [-0.4, -0.2) is 37.1 Å². The van der Waals surface area contributed by atoms with Crippen molar-refractivity contribution in [3.63, 3.8) is 0 Å². The summed E-state index contributed by atoms with van der Waals surface area (Å²) in [6.45, 7) is 9.93. The number of nitrogens with zero attached hydrogens (tertiary/aromatic N) is 1. The smallest absolute Gasteiger partial charge is 0.0198 e. The Bertz CT molecular complexity index is 259. The highest BCUT2D eigenvalue weighted by molar-refractivity contribution is 4.89. The van der Waals surface area contributed by atoms with Crippen LogP contribution in [0.15, 0.2) is 0 Å². The molecule has 2 aliphatic carbocycles. The van der Waals surface area contributed by atoms with Gasteiger partial charge in [-0.15, -0.1) is 0 Å². The molecule has 2 saturated carbocycles. The molecule has 1 saturated heterocycles. The van der Waals surface area contributed by atoms with Crippen LogP contribution in [0.25, 0.3) is 0 Å². The maximum atomic E-state index is 3.83. The SMILES string of the molecule is CC(C)CNC1CC(CC2CC2)CN(CC2CC2)C1. The Morgan fingerprint density at radius 3 is 2.37 bits per heavy atom. The molecule has 3 aliphatic rings. The number of likely N-dealkylation sites (tertiary alicyclic amines) is 1. The van der Waals surface area contributed by atoms with Gasteiger partial charge in [-0.2, -0.15) is 0 Å². The molecule has 1 N–H and O–H groups in total. The Hall–Kier alpha value is -0.0800. The van der Waals surface area contributed by atoms with E-state index in [1.54, 1.807) is 0 Å². The van der Waals surface area contributed by atoms with Gasteiger partial charge in [-0.3, -0.25) is 0 Å². The molecular weight excluding hydrogens is 232 g/mol. The highest BCUT2D eigenvalue weighted by Crippen LogP contribution is 2.38. The van der Waals surface area contributed by atoms with Gasteiger partial charge in [-0.25, -0.2) is 0 Å². The van der Waals surface area contributed by atoms with Crippen molar-refractivity contribution in [3.8, 4) is 0 Å². The van der Waals surface area contributed by atoms with Crippen LogP contribution in [0.5, 0.6) is 0 Å². The average Bonchev–Trinajstić information content (AvgIpc) is 3.22. The molecule has 0 aromatic rings. The zero-order chi connectivity index (χ0) is 13.2. The Kier molecular flexibility index (Phi) is 4.48. The first-order valence-electron chi connectivity index (χ1n) is 8.64. The maximum absolute atomic E-state index is 3.83. The molecule has 2 unspecified atom stereocenters. The van der Waals surface area contributed by atoms with E-state index >= 15 is 0 Å². The third kappa shape index (κ3) is 4.75. The minimum atomic E-state index is 0.763. The number of nitrogens with one attached hydrogen (secondary N) is 1. The van der Waals surface area contributed by atoms with Gasteiger partial charge in [0.25, 0.3) is 0 Å². The lowest BCUT2D eigenvalue weighted by atomic mass is 9.89. The fourth-order valence-electron chi connectivity index (χ4n) is 3.66. The van der Waals surface area contributed by atoms with Gasteiger partial charge < -0.3 is 10.2 Å². The molecule has 0 amide bonds. The Morgan fingerprint density at radius 1 is 1.00 bits per heavy atom. The summed E-state index contributed by atoms with van der Waals surface area (Å²) in [7, 11) is 0. The molecule has 1 aliphatic heterocycles. The Morgan fingerprint density at radius 2 is 1.74 bits per heavy atom. The fraction of sp³-hybridized carbons (Fsp3) is 1.00. The first-order valence-corrected chi connectivity index (χ1v) is 8.64.